The number of ether oxygens (including phenoxy) is 4. The molecule has 30 heavy (non-hydrogen) atoms. The molecular weight excluding hydrogens is 390 g/mol. The summed E-state index contributed by atoms with van der Waals surface area (Å²) in [5, 5.41) is 6.79. The van der Waals surface area contributed by atoms with Crippen LogP contribution in [0.25, 0.3) is 11.4 Å². The molecule has 1 amide bonds. The molecule has 0 atom stereocenters. The van der Waals surface area contributed by atoms with E-state index in [0.717, 1.165) is 11.3 Å². The second kappa shape index (κ2) is 9.64. The van der Waals surface area contributed by atoms with E-state index >= 15 is 0 Å². The number of nitrogens with zero attached hydrogens (tertiary/aromatic N) is 2. The number of methoxy groups -OCH3 is 4. The molecule has 0 fully saturated rings. The maximum atomic E-state index is 12.5. The van der Waals surface area contributed by atoms with E-state index in [1.165, 1.54) is 21.3 Å². The van der Waals surface area contributed by atoms with Gasteiger partial charge in [0, 0.05) is 24.1 Å². The maximum absolute atomic E-state index is 12.5. The quantitative estimate of drug-likeness (QED) is 0.571. The summed E-state index contributed by atoms with van der Waals surface area (Å²) in [5.41, 5.74) is 1.20. The highest BCUT2D eigenvalue weighted by Crippen LogP contribution is 2.38. The topological polar surface area (TPSA) is 105 Å². The van der Waals surface area contributed by atoms with Crippen molar-refractivity contribution < 1.29 is 28.3 Å². The summed E-state index contributed by atoms with van der Waals surface area (Å²) in [4.78, 5) is 16.9. The Kier molecular flexibility index (Phi) is 6.74. The van der Waals surface area contributed by atoms with Gasteiger partial charge in [-0.05, 0) is 36.4 Å². The van der Waals surface area contributed by atoms with E-state index in [0.29, 0.717) is 47.5 Å². The summed E-state index contributed by atoms with van der Waals surface area (Å²) in [6.07, 6.45) is 0.388. The molecule has 1 aromatic heterocycles. The average Bonchev–Trinajstić information content (AvgIpc) is 3.26. The third-order valence-electron chi connectivity index (χ3n) is 4.37. The summed E-state index contributed by atoms with van der Waals surface area (Å²) in [6, 6.07) is 10.5. The van der Waals surface area contributed by atoms with Crippen LogP contribution in [0.3, 0.4) is 0 Å². The molecule has 2 aromatic carbocycles. The summed E-state index contributed by atoms with van der Waals surface area (Å²) < 4.78 is 26.2. The van der Waals surface area contributed by atoms with Gasteiger partial charge in [-0.3, -0.25) is 4.79 Å². The van der Waals surface area contributed by atoms with Crippen molar-refractivity contribution in [2.24, 2.45) is 0 Å². The number of hydrogen-bond acceptors (Lipinski definition) is 8. The van der Waals surface area contributed by atoms with Gasteiger partial charge in [-0.15, -0.1) is 0 Å². The summed E-state index contributed by atoms with van der Waals surface area (Å²) in [5.74, 6) is 2.59. The molecule has 3 aromatic rings. The lowest BCUT2D eigenvalue weighted by Gasteiger charge is -2.14. The van der Waals surface area contributed by atoms with Crippen LogP contribution in [0.5, 0.6) is 23.0 Å². The van der Waals surface area contributed by atoms with E-state index < -0.39 is 0 Å². The van der Waals surface area contributed by atoms with Crippen molar-refractivity contribution in [3.05, 3.63) is 47.9 Å². The number of carbonyl (C=O) groups is 1. The molecule has 0 radical (unpaired) electrons. The Labute approximate surface area is 173 Å². The molecule has 1 heterocycles. The van der Waals surface area contributed by atoms with Gasteiger partial charge < -0.3 is 28.8 Å². The highest BCUT2D eigenvalue weighted by Gasteiger charge is 2.17. The Morgan fingerprint density at radius 3 is 2.20 bits per heavy atom. The van der Waals surface area contributed by atoms with Crippen LogP contribution < -0.4 is 24.3 Å². The number of aromatic nitrogens is 2. The second-order valence-corrected chi connectivity index (χ2v) is 6.16. The number of rotatable bonds is 9. The third-order valence-corrected chi connectivity index (χ3v) is 4.37. The Morgan fingerprint density at radius 2 is 1.63 bits per heavy atom. The molecule has 9 heteroatoms. The zero-order valence-electron chi connectivity index (χ0n) is 17.2. The zero-order chi connectivity index (χ0) is 21.5. The molecule has 0 unspecified atom stereocenters. The van der Waals surface area contributed by atoms with Crippen LogP contribution in [0.2, 0.25) is 0 Å². The fourth-order valence-electron chi connectivity index (χ4n) is 2.81. The SMILES string of the molecule is COc1ccc(-c2noc(CCNC(=O)c3cc(OC)c(OC)c(OC)c3)n2)cc1. The molecule has 0 aliphatic carbocycles. The Morgan fingerprint density at radius 1 is 0.967 bits per heavy atom. The highest BCUT2D eigenvalue weighted by atomic mass is 16.5. The van der Waals surface area contributed by atoms with Gasteiger partial charge in [-0.25, -0.2) is 0 Å². The number of nitrogens with one attached hydrogen (secondary N) is 1. The minimum Gasteiger partial charge on any atom is -0.497 e. The highest BCUT2D eigenvalue weighted by molar-refractivity contribution is 5.95. The summed E-state index contributed by atoms with van der Waals surface area (Å²) >= 11 is 0. The Bertz CT molecular complexity index is 975. The maximum Gasteiger partial charge on any atom is 0.251 e. The first-order valence-corrected chi connectivity index (χ1v) is 9.14. The predicted molar refractivity (Wildman–Crippen MR) is 108 cm³/mol. The van der Waals surface area contributed by atoms with Crippen molar-refractivity contribution in [2.45, 2.75) is 6.42 Å². The van der Waals surface area contributed by atoms with E-state index in [1.54, 1.807) is 19.2 Å². The van der Waals surface area contributed by atoms with Crippen LogP contribution in [-0.4, -0.2) is 51.0 Å². The van der Waals surface area contributed by atoms with Gasteiger partial charge in [0.1, 0.15) is 5.75 Å². The van der Waals surface area contributed by atoms with Crippen molar-refractivity contribution in [1.82, 2.24) is 15.5 Å². The van der Waals surface area contributed by atoms with Crippen LogP contribution in [0.1, 0.15) is 16.2 Å². The first-order chi connectivity index (χ1) is 14.6. The largest absolute Gasteiger partial charge is 0.497 e. The second-order valence-electron chi connectivity index (χ2n) is 6.16. The summed E-state index contributed by atoms with van der Waals surface area (Å²) in [7, 11) is 6.10. The van der Waals surface area contributed by atoms with Crippen LogP contribution >= 0.6 is 0 Å². The zero-order valence-corrected chi connectivity index (χ0v) is 17.2. The molecule has 158 valence electrons. The number of carbonyl (C=O) groups excluding carboxylic acids is 1. The van der Waals surface area contributed by atoms with Gasteiger partial charge in [-0.2, -0.15) is 4.98 Å². The molecule has 0 bridgehead atoms. The van der Waals surface area contributed by atoms with Crippen molar-refractivity contribution >= 4 is 5.91 Å². The fraction of sp³-hybridized carbons (Fsp3) is 0.286. The molecule has 3 rings (SSSR count). The molecule has 0 spiro atoms. The van der Waals surface area contributed by atoms with E-state index in [4.69, 9.17) is 23.5 Å². The molecule has 0 saturated carbocycles. The lowest BCUT2D eigenvalue weighted by Crippen LogP contribution is -2.25. The van der Waals surface area contributed by atoms with E-state index in [2.05, 4.69) is 15.5 Å². The molecular formula is C21H23N3O6. The normalized spacial score (nSPS) is 10.4. The third kappa shape index (κ3) is 4.62. The van der Waals surface area contributed by atoms with Crippen molar-refractivity contribution in [1.29, 1.82) is 0 Å². The summed E-state index contributed by atoms with van der Waals surface area (Å²) in [6.45, 7) is 0.319. The van der Waals surface area contributed by atoms with Gasteiger partial charge in [0.25, 0.3) is 5.91 Å². The predicted octanol–water partition coefficient (Wildman–Crippen LogP) is 2.74. The van der Waals surface area contributed by atoms with Crippen LogP contribution in [-0.2, 0) is 6.42 Å². The molecule has 0 saturated heterocycles. The Hall–Kier alpha value is -3.75. The minimum atomic E-state index is -0.288. The van der Waals surface area contributed by atoms with Crippen molar-refractivity contribution in [3.8, 4) is 34.4 Å². The number of hydrogen-bond donors (Lipinski definition) is 1. The van der Waals surface area contributed by atoms with Gasteiger partial charge in [0.15, 0.2) is 11.5 Å². The molecule has 1 N–H and O–H groups in total. The van der Waals surface area contributed by atoms with E-state index in [-0.39, 0.29) is 5.91 Å². The fourth-order valence-corrected chi connectivity index (χ4v) is 2.81. The minimum absolute atomic E-state index is 0.288. The average molecular weight is 413 g/mol. The molecule has 0 aliphatic heterocycles. The lowest BCUT2D eigenvalue weighted by atomic mass is 10.1. The van der Waals surface area contributed by atoms with Crippen molar-refractivity contribution in [3.63, 3.8) is 0 Å². The monoisotopic (exact) mass is 413 g/mol. The van der Waals surface area contributed by atoms with Crippen LogP contribution in [0.15, 0.2) is 40.9 Å². The van der Waals surface area contributed by atoms with E-state index in [9.17, 15) is 4.79 Å². The first kappa shape index (κ1) is 21.0. The van der Waals surface area contributed by atoms with E-state index in [1.807, 2.05) is 24.3 Å². The molecule has 0 aliphatic rings. The standard InChI is InChI=1S/C21H23N3O6/c1-26-15-7-5-13(6-8-15)20-23-18(30-24-20)9-10-22-21(25)14-11-16(27-2)19(29-4)17(12-14)28-3/h5-8,11-12H,9-10H2,1-4H3,(H,22,25). The van der Waals surface area contributed by atoms with Crippen molar-refractivity contribution in [2.75, 3.05) is 35.0 Å². The number of benzene rings is 2. The van der Waals surface area contributed by atoms with Gasteiger partial charge in [0.2, 0.25) is 17.5 Å². The van der Waals surface area contributed by atoms with Gasteiger partial charge in [-0.1, -0.05) is 5.16 Å². The number of amides is 1. The van der Waals surface area contributed by atoms with Gasteiger partial charge in [0.05, 0.1) is 28.4 Å². The van der Waals surface area contributed by atoms with Crippen LogP contribution in [0.4, 0.5) is 0 Å². The lowest BCUT2D eigenvalue weighted by molar-refractivity contribution is 0.0952. The first-order valence-electron chi connectivity index (χ1n) is 9.14. The van der Waals surface area contributed by atoms with Gasteiger partial charge >= 0.3 is 0 Å². The Balaban J connectivity index is 1.61. The smallest absolute Gasteiger partial charge is 0.251 e. The molecule has 9 nitrogen and oxygen atoms in total. The van der Waals surface area contributed by atoms with Crippen LogP contribution in [0, 0.1) is 0 Å².